The molecule has 0 fully saturated rings. The van der Waals surface area contributed by atoms with Crippen molar-refractivity contribution in [2.45, 2.75) is 18.4 Å². The molecule has 0 aliphatic heterocycles. The van der Waals surface area contributed by atoms with Gasteiger partial charge in [0.25, 0.3) is 15.9 Å². The SMILES string of the molecule is CCOc1ccc(S(=O)(=O)Nc2cccc(C(=O)NCc3ccc(C#N)cc3)c2)cc1. The molecule has 0 aromatic heterocycles. The molecule has 1 amide bonds. The molecule has 3 aromatic carbocycles. The third-order valence-corrected chi connectivity index (χ3v) is 5.76. The molecule has 0 heterocycles. The van der Waals surface area contributed by atoms with Crippen LogP contribution >= 0.6 is 0 Å². The quantitative estimate of drug-likeness (QED) is 0.561. The minimum absolute atomic E-state index is 0.0895. The Morgan fingerprint density at radius 3 is 2.39 bits per heavy atom. The Hall–Kier alpha value is -3.83. The van der Waals surface area contributed by atoms with Crippen LogP contribution in [-0.2, 0) is 16.6 Å². The predicted molar refractivity (Wildman–Crippen MR) is 117 cm³/mol. The number of anilines is 1. The third kappa shape index (κ3) is 5.84. The summed E-state index contributed by atoms with van der Waals surface area (Å²) in [5, 5.41) is 11.6. The number of amides is 1. The van der Waals surface area contributed by atoms with E-state index in [1.165, 1.54) is 18.2 Å². The molecule has 8 heteroatoms. The van der Waals surface area contributed by atoms with Crippen LogP contribution in [0.4, 0.5) is 5.69 Å². The zero-order chi connectivity index (χ0) is 22.3. The molecule has 0 atom stereocenters. The van der Waals surface area contributed by atoms with Crippen LogP contribution in [-0.4, -0.2) is 20.9 Å². The second-order valence-corrected chi connectivity index (χ2v) is 8.26. The molecule has 0 aliphatic carbocycles. The summed E-state index contributed by atoms with van der Waals surface area (Å²) in [6, 6.07) is 21.3. The van der Waals surface area contributed by atoms with Gasteiger partial charge in [-0.15, -0.1) is 0 Å². The van der Waals surface area contributed by atoms with E-state index >= 15 is 0 Å². The first kappa shape index (κ1) is 21.9. The summed E-state index contributed by atoms with van der Waals surface area (Å²) in [5.74, 6) is 0.244. The number of nitrogens with one attached hydrogen (secondary N) is 2. The fourth-order valence-electron chi connectivity index (χ4n) is 2.80. The average molecular weight is 436 g/mol. The zero-order valence-corrected chi connectivity index (χ0v) is 17.6. The van der Waals surface area contributed by atoms with Crippen LogP contribution in [0, 0.1) is 11.3 Å². The molecule has 0 saturated carbocycles. The summed E-state index contributed by atoms with van der Waals surface area (Å²) in [6.45, 7) is 2.62. The standard InChI is InChI=1S/C23H21N3O4S/c1-2-30-21-10-12-22(13-11-21)31(28,29)26-20-5-3-4-19(14-20)23(27)25-16-18-8-6-17(15-24)7-9-18/h3-14,26H,2,16H2,1H3,(H,25,27). The van der Waals surface area contributed by atoms with E-state index in [4.69, 9.17) is 10.00 Å². The van der Waals surface area contributed by atoms with Crippen molar-refractivity contribution < 1.29 is 17.9 Å². The lowest BCUT2D eigenvalue weighted by molar-refractivity contribution is 0.0951. The maximum absolute atomic E-state index is 12.6. The van der Waals surface area contributed by atoms with Gasteiger partial charge in [-0.1, -0.05) is 18.2 Å². The Morgan fingerprint density at radius 2 is 1.74 bits per heavy atom. The number of ether oxygens (including phenoxy) is 1. The van der Waals surface area contributed by atoms with Crippen molar-refractivity contribution in [1.29, 1.82) is 5.26 Å². The number of rotatable bonds is 8. The topological polar surface area (TPSA) is 108 Å². The van der Waals surface area contributed by atoms with Crippen LogP contribution in [0.3, 0.4) is 0 Å². The van der Waals surface area contributed by atoms with Gasteiger partial charge in [0, 0.05) is 17.8 Å². The van der Waals surface area contributed by atoms with Gasteiger partial charge in [-0.3, -0.25) is 9.52 Å². The van der Waals surface area contributed by atoms with E-state index in [1.807, 2.05) is 13.0 Å². The Balaban J connectivity index is 1.67. The van der Waals surface area contributed by atoms with Gasteiger partial charge in [0.15, 0.2) is 0 Å². The number of hydrogen-bond acceptors (Lipinski definition) is 5. The van der Waals surface area contributed by atoms with Gasteiger partial charge in [-0.05, 0) is 67.1 Å². The highest BCUT2D eigenvalue weighted by molar-refractivity contribution is 7.92. The number of carbonyl (C=O) groups is 1. The molecule has 0 saturated heterocycles. The molecule has 0 spiro atoms. The number of hydrogen-bond donors (Lipinski definition) is 2. The molecule has 0 aliphatic rings. The van der Waals surface area contributed by atoms with Gasteiger partial charge < -0.3 is 10.1 Å². The normalized spacial score (nSPS) is 10.7. The summed E-state index contributed by atoms with van der Waals surface area (Å²) in [4.78, 5) is 12.6. The zero-order valence-electron chi connectivity index (χ0n) is 16.8. The molecule has 158 valence electrons. The maximum Gasteiger partial charge on any atom is 0.261 e. The minimum atomic E-state index is -3.81. The molecule has 3 aromatic rings. The first-order valence-corrected chi connectivity index (χ1v) is 11.0. The highest BCUT2D eigenvalue weighted by Gasteiger charge is 2.15. The predicted octanol–water partition coefficient (Wildman–Crippen LogP) is 3.69. The molecule has 3 rings (SSSR count). The first-order chi connectivity index (χ1) is 14.9. The van der Waals surface area contributed by atoms with E-state index in [0.717, 1.165) is 5.56 Å². The fraction of sp³-hybridized carbons (Fsp3) is 0.130. The highest BCUT2D eigenvalue weighted by atomic mass is 32.2. The minimum Gasteiger partial charge on any atom is -0.494 e. The van der Waals surface area contributed by atoms with Crippen molar-refractivity contribution >= 4 is 21.6 Å². The molecular formula is C23H21N3O4S. The molecule has 31 heavy (non-hydrogen) atoms. The number of nitriles is 1. The molecule has 2 N–H and O–H groups in total. The van der Waals surface area contributed by atoms with Crippen LogP contribution < -0.4 is 14.8 Å². The lowest BCUT2D eigenvalue weighted by Gasteiger charge is -2.11. The van der Waals surface area contributed by atoms with Gasteiger partial charge in [0.2, 0.25) is 0 Å². The van der Waals surface area contributed by atoms with Crippen LogP contribution in [0.2, 0.25) is 0 Å². The van der Waals surface area contributed by atoms with Crippen LogP contribution in [0.15, 0.2) is 77.7 Å². The van der Waals surface area contributed by atoms with E-state index in [-0.39, 0.29) is 23.0 Å². The third-order valence-electron chi connectivity index (χ3n) is 4.36. The second kappa shape index (κ2) is 9.78. The van der Waals surface area contributed by atoms with Gasteiger partial charge in [-0.2, -0.15) is 5.26 Å². The van der Waals surface area contributed by atoms with Crippen LogP contribution in [0.1, 0.15) is 28.4 Å². The van der Waals surface area contributed by atoms with Crippen molar-refractivity contribution in [3.8, 4) is 11.8 Å². The van der Waals surface area contributed by atoms with Gasteiger partial charge in [0.1, 0.15) is 5.75 Å². The molecule has 7 nitrogen and oxygen atoms in total. The Bertz CT molecular complexity index is 1200. The monoisotopic (exact) mass is 435 g/mol. The molecular weight excluding hydrogens is 414 g/mol. The Morgan fingerprint density at radius 1 is 1.03 bits per heavy atom. The van der Waals surface area contributed by atoms with Crippen molar-refractivity contribution in [3.05, 3.63) is 89.5 Å². The molecule has 0 bridgehead atoms. The fourth-order valence-corrected chi connectivity index (χ4v) is 3.85. The van der Waals surface area contributed by atoms with Crippen molar-refractivity contribution in [3.63, 3.8) is 0 Å². The summed E-state index contributed by atoms with van der Waals surface area (Å²) in [5.41, 5.74) is 1.99. The smallest absolute Gasteiger partial charge is 0.261 e. The lowest BCUT2D eigenvalue weighted by atomic mass is 10.1. The van der Waals surface area contributed by atoms with Gasteiger partial charge >= 0.3 is 0 Å². The summed E-state index contributed by atoms with van der Waals surface area (Å²) in [7, 11) is -3.81. The maximum atomic E-state index is 12.6. The van der Waals surface area contributed by atoms with Crippen LogP contribution in [0.25, 0.3) is 0 Å². The Kier molecular flexibility index (Phi) is 6.90. The van der Waals surface area contributed by atoms with Gasteiger partial charge in [0.05, 0.1) is 23.1 Å². The van der Waals surface area contributed by atoms with E-state index in [2.05, 4.69) is 10.0 Å². The van der Waals surface area contributed by atoms with Gasteiger partial charge in [-0.25, -0.2) is 8.42 Å². The molecule has 0 unspecified atom stereocenters. The average Bonchev–Trinajstić information content (AvgIpc) is 2.78. The second-order valence-electron chi connectivity index (χ2n) is 6.58. The number of benzene rings is 3. The largest absolute Gasteiger partial charge is 0.494 e. The first-order valence-electron chi connectivity index (χ1n) is 9.54. The van der Waals surface area contributed by atoms with E-state index in [9.17, 15) is 13.2 Å². The summed E-state index contributed by atoms with van der Waals surface area (Å²) < 4.78 is 33.1. The van der Waals surface area contributed by atoms with E-state index in [0.29, 0.717) is 23.5 Å². The van der Waals surface area contributed by atoms with Crippen molar-refractivity contribution in [1.82, 2.24) is 5.32 Å². The lowest BCUT2D eigenvalue weighted by Crippen LogP contribution is -2.23. The molecule has 0 radical (unpaired) electrons. The number of nitrogens with zero attached hydrogens (tertiary/aromatic N) is 1. The van der Waals surface area contributed by atoms with Crippen LogP contribution in [0.5, 0.6) is 5.75 Å². The van der Waals surface area contributed by atoms with E-state index < -0.39 is 10.0 Å². The van der Waals surface area contributed by atoms with E-state index in [1.54, 1.807) is 54.6 Å². The summed E-state index contributed by atoms with van der Waals surface area (Å²) in [6.07, 6.45) is 0. The Labute approximate surface area is 181 Å². The number of carbonyl (C=O) groups excluding carboxylic acids is 1. The van der Waals surface area contributed by atoms with Crippen molar-refractivity contribution in [2.24, 2.45) is 0 Å². The van der Waals surface area contributed by atoms with Crippen molar-refractivity contribution in [2.75, 3.05) is 11.3 Å². The summed E-state index contributed by atoms with van der Waals surface area (Å²) >= 11 is 0. The number of sulfonamides is 1. The highest BCUT2D eigenvalue weighted by Crippen LogP contribution is 2.20.